The Morgan fingerprint density at radius 1 is 1.47 bits per heavy atom. The maximum Gasteiger partial charge on any atom is 0.238 e. The number of fused-ring (bicyclic) bond motifs is 1. The number of anilines is 1. The largest absolute Gasteiger partial charge is 0.367 e. The Morgan fingerprint density at radius 3 is 2.84 bits per heavy atom. The zero-order chi connectivity index (χ0) is 14.0. The van der Waals surface area contributed by atoms with Crippen molar-refractivity contribution in [3.8, 4) is 0 Å². The van der Waals surface area contributed by atoms with Gasteiger partial charge in [0.25, 0.3) is 0 Å². The van der Waals surface area contributed by atoms with Gasteiger partial charge in [-0.2, -0.15) is 11.8 Å². The molecule has 0 saturated carbocycles. The third kappa shape index (κ3) is 3.24. The molecule has 1 heterocycles. The van der Waals surface area contributed by atoms with Crippen molar-refractivity contribution in [3.63, 3.8) is 0 Å². The molecule has 0 spiro atoms. The summed E-state index contributed by atoms with van der Waals surface area (Å²) in [4.78, 5) is 2.56. The maximum atomic E-state index is 11.4. The summed E-state index contributed by atoms with van der Waals surface area (Å²) in [6.07, 6.45) is 0.884. The molecule has 4 nitrogen and oxygen atoms in total. The summed E-state index contributed by atoms with van der Waals surface area (Å²) in [5.41, 5.74) is 2.23. The summed E-state index contributed by atoms with van der Waals surface area (Å²) in [6.45, 7) is 5.33. The second-order valence-electron chi connectivity index (χ2n) is 4.78. The van der Waals surface area contributed by atoms with Crippen molar-refractivity contribution in [3.05, 3.63) is 23.8 Å². The van der Waals surface area contributed by atoms with E-state index in [1.807, 2.05) is 17.8 Å². The molecule has 1 aliphatic rings. The fourth-order valence-corrected chi connectivity index (χ4v) is 3.68. The standard InChI is InChI=1S/C13H20N2O2S2/c1-3-18-7-6-15-10(2)8-11-9-12(19(14,16)17)4-5-13(11)15/h4-5,9-10H,3,6-8H2,1-2H3,(H2,14,16,17)/t10-/m1/s1. The van der Waals surface area contributed by atoms with E-state index in [-0.39, 0.29) is 4.90 Å². The Morgan fingerprint density at radius 2 is 2.21 bits per heavy atom. The van der Waals surface area contributed by atoms with Gasteiger partial charge in [0.15, 0.2) is 0 Å². The lowest BCUT2D eigenvalue weighted by Gasteiger charge is -2.24. The van der Waals surface area contributed by atoms with Crippen molar-refractivity contribution in [2.75, 3.05) is 23.0 Å². The van der Waals surface area contributed by atoms with E-state index in [0.29, 0.717) is 6.04 Å². The lowest BCUT2D eigenvalue weighted by molar-refractivity contribution is 0.597. The summed E-state index contributed by atoms with van der Waals surface area (Å²) in [5, 5.41) is 5.17. The lowest BCUT2D eigenvalue weighted by Crippen LogP contribution is -2.31. The van der Waals surface area contributed by atoms with Crippen molar-refractivity contribution in [2.45, 2.75) is 31.2 Å². The molecule has 1 aliphatic heterocycles. The summed E-state index contributed by atoms with van der Waals surface area (Å²) in [7, 11) is -3.60. The number of hydrogen-bond acceptors (Lipinski definition) is 4. The lowest BCUT2D eigenvalue weighted by atomic mass is 10.1. The smallest absolute Gasteiger partial charge is 0.238 e. The molecule has 0 saturated heterocycles. The van der Waals surface area contributed by atoms with E-state index in [2.05, 4.69) is 18.7 Å². The first-order chi connectivity index (χ1) is 8.93. The normalized spacial score (nSPS) is 18.7. The molecule has 0 bridgehead atoms. The van der Waals surface area contributed by atoms with Gasteiger partial charge in [0.05, 0.1) is 4.90 Å². The van der Waals surface area contributed by atoms with Crippen LogP contribution in [-0.2, 0) is 16.4 Å². The van der Waals surface area contributed by atoms with E-state index in [4.69, 9.17) is 5.14 Å². The van der Waals surface area contributed by atoms with Crippen LogP contribution in [0.25, 0.3) is 0 Å². The van der Waals surface area contributed by atoms with Crippen LogP contribution in [0.4, 0.5) is 5.69 Å². The van der Waals surface area contributed by atoms with Gasteiger partial charge in [-0.25, -0.2) is 13.6 Å². The molecule has 0 fully saturated rings. The highest BCUT2D eigenvalue weighted by atomic mass is 32.2. The molecule has 2 rings (SSSR count). The molecule has 2 N–H and O–H groups in total. The Kier molecular flexibility index (Phi) is 4.43. The predicted molar refractivity (Wildman–Crippen MR) is 81.3 cm³/mol. The van der Waals surface area contributed by atoms with Crippen molar-refractivity contribution >= 4 is 27.5 Å². The molecule has 0 aliphatic carbocycles. The summed E-state index contributed by atoms with van der Waals surface area (Å²) in [5.74, 6) is 2.22. The Labute approximate surface area is 119 Å². The number of rotatable bonds is 5. The number of hydrogen-bond donors (Lipinski definition) is 1. The van der Waals surface area contributed by atoms with Crippen LogP contribution in [0.2, 0.25) is 0 Å². The van der Waals surface area contributed by atoms with Crippen LogP contribution in [-0.4, -0.2) is 32.5 Å². The van der Waals surface area contributed by atoms with Gasteiger partial charge < -0.3 is 4.90 Å². The summed E-state index contributed by atoms with van der Waals surface area (Å²) >= 11 is 1.92. The van der Waals surface area contributed by atoms with Gasteiger partial charge in [-0.1, -0.05) is 6.92 Å². The third-order valence-electron chi connectivity index (χ3n) is 3.42. The Bertz CT molecular complexity index is 558. The number of nitrogens with zero attached hydrogens (tertiary/aromatic N) is 1. The van der Waals surface area contributed by atoms with E-state index in [0.717, 1.165) is 35.7 Å². The second kappa shape index (κ2) is 5.73. The topological polar surface area (TPSA) is 63.4 Å². The molecule has 6 heteroatoms. The fraction of sp³-hybridized carbons (Fsp3) is 0.538. The number of benzene rings is 1. The summed E-state index contributed by atoms with van der Waals surface area (Å²) in [6, 6.07) is 5.62. The minimum absolute atomic E-state index is 0.211. The number of sulfonamides is 1. The van der Waals surface area contributed by atoms with E-state index in [1.54, 1.807) is 12.1 Å². The van der Waals surface area contributed by atoms with Gasteiger partial charge >= 0.3 is 0 Å². The van der Waals surface area contributed by atoms with Crippen molar-refractivity contribution in [1.29, 1.82) is 0 Å². The molecule has 1 aromatic carbocycles. The van der Waals surface area contributed by atoms with Crippen LogP contribution in [0.3, 0.4) is 0 Å². The zero-order valence-electron chi connectivity index (χ0n) is 11.3. The van der Waals surface area contributed by atoms with Gasteiger partial charge in [-0.05, 0) is 42.9 Å². The average molecular weight is 300 g/mol. The average Bonchev–Trinajstić information content (AvgIpc) is 2.64. The van der Waals surface area contributed by atoms with E-state index < -0.39 is 10.0 Å². The van der Waals surface area contributed by atoms with Crippen LogP contribution < -0.4 is 10.0 Å². The van der Waals surface area contributed by atoms with Gasteiger partial charge in [-0.3, -0.25) is 0 Å². The molecule has 0 unspecified atom stereocenters. The van der Waals surface area contributed by atoms with Crippen molar-refractivity contribution < 1.29 is 8.42 Å². The zero-order valence-corrected chi connectivity index (χ0v) is 12.9. The van der Waals surface area contributed by atoms with E-state index >= 15 is 0 Å². The highest BCUT2D eigenvalue weighted by molar-refractivity contribution is 7.99. The molecule has 106 valence electrons. The number of nitrogens with two attached hydrogens (primary N) is 1. The molecule has 0 amide bonds. The fourth-order valence-electron chi connectivity index (χ4n) is 2.50. The first-order valence-corrected chi connectivity index (χ1v) is 9.13. The van der Waals surface area contributed by atoms with E-state index in [9.17, 15) is 8.42 Å². The molecule has 19 heavy (non-hydrogen) atoms. The summed E-state index contributed by atoms with van der Waals surface area (Å²) < 4.78 is 22.7. The highest BCUT2D eigenvalue weighted by Gasteiger charge is 2.26. The Hall–Kier alpha value is -0.720. The van der Waals surface area contributed by atoms with Crippen molar-refractivity contribution in [1.82, 2.24) is 0 Å². The SMILES string of the molecule is CCSCCN1c2ccc(S(N)(=O)=O)cc2C[C@H]1C. The van der Waals surface area contributed by atoms with Crippen LogP contribution in [0.5, 0.6) is 0 Å². The number of primary sulfonamides is 1. The molecule has 1 atom stereocenters. The van der Waals surface area contributed by atoms with Gasteiger partial charge in [0.2, 0.25) is 10.0 Å². The quantitative estimate of drug-likeness (QED) is 0.843. The monoisotopic (exact) mass is 300 g/mol. The van der Waals surface area contributed by atoms with Crippen molar-refractivity contribution in [2.24, 2.45) is 5.14 Å². The van der Waals surface area contributed by atoms with Gasteiger partial charge in [0, 0.05) is 24.0 Å². The number of thioether (sulfide) groups is 1. The van der Waals surface area contributed by atoms with Crippen LogP contribution in [0.15, 0.2) is 23.1 Å². The molecular formula is C13H20N2O2S2. The molecule has 1 aromatic rings. The second-order valence-corrected chi connectivity index (χ2v) is 7.73. The van der Waals surface area contributed by atoms with Gasteiger partial charge in [0.1, 0.15) is 0 Å². The maximum absolute atomic E-state index is 11.4. The van der Waals surface area contributed by atoms with Crippen LogP contribution in [0, 0.1) is 0 Å². The Balaban J connectivity index is 2.23. The first kappa shape index (κ1) is 14.7. The predicted octanol–water partition coefficient (Wildman–Crippen LogP) is 1.84. The molecule has 0 aromatic heterocycles. The molecular weight excluding hydrogens is 280 g/mol. The van der Waals surface area contributed by atoms with E-state index in [1.165, 1.54) is 0 Å². The minimum Gasteiger partial charge on any atom is -0.367 e. The van der Waals surface area contributed by atoms with Gasteiger partial charge in [-0.15, -0.1) is 0 Å². The minimum atomic E-state index is -3.60. The highest BCUT2D eigenvalue weighted by Crippen LogP contribution is 2.33. The van der Waals surface area contributed by atoms with Crippen LogP contribution in [0.1, 0.15) is 19.4 Å². The van der Waals surface area contributed by atoms with Crippen LogP contribution >= 0.6 is 11.8 Å². The molecule has 0 radical (unpaired) electrons. The first-order valence-electron chi connectivity index (χ1n) is 6.43. The third-order valence-corrected chi connectivity index (χ3v) is 5.21.